The molecule has 0 bridgehead atoms. The fourth-order valence-corrected chi connectivity index (χ4v) is 5.59. The van der Waals surface area contributed by atoms with Gasteiger partial charge < -0.3 is 14.6 Å². The monoisotopic (exact) mass is 567 g/mol. The topological polar surface area (TPSA) is 165 Å². The van der Waals surface area contributed by atoms with Crippen LogP contribution in [-0.4, -0.2) is 36.1 Å². The number of carbonyl (C=O) groups is 1. The lowest BCUT2D eigenvalue weighted by atomic mass is 9.84. The number of hydrogen-bond acceptors (Lipinski definition) is 8. The molecule has 0 spiro atoms. The molecule has 210 valence electrons. The second-order valence-electron chi connectivity index (χ2n) is 10.1. The number of carbonyl (C=O) groups excluding carboxylic acids is 1. The molecule has 0 saturated heterocycles. The van der Waals surface area contributed by atoms with Gasteiger partial charge in [0.1, 0.15) is 11.4 Å². The normalized spacial score (nSPS) is 11.8. The number of aryl methyl sites for hydroxylation is 2. The average molecular weight is 568 g/mol. The van der Waals surface area contributed by atoms with Crippen molar-refractivity contribution < 1.29 is 22.5 Å². The zero-order chi connectivity index (χ0) is 29.4. The number of anilines is 2. The quantitative estimate of drug-likeness (QED) is 0.305. The maximum atomic E-state index is 13.5. The van der Waals surface area contributed by atoms with Crippen LogP contribution in [-0.2, 0) is 15.4 Å². The molecule has 0 aliphatic rings. The molecule has 0 fully saturated rings. The van der Waals surface area contributed by atoms with Crippen molar-refractivity contribution in [1.82, 2.24) is 14.7 Å². The van der Waals surface area contributed by atoms with Gasteiger partial charge >= 0.3 is 5.69 Å². The summed E-state index contributed by atoms with van der Waals surface area (Å²) in [6, 6.07) is 10.5. The van der Waals surface area contributed by atoms with Gasteiger partial charge in [-0.3, -0.25) is 23.9 Å². The van der Waals surface area contributed by atoms with Gasteiger partial charge in [-0.25, -0.2) is 13.2 Å². The highest BCUT2D eigenvalue weighted by Crippen LogP contribution is 2.36. The molecule has 4 aromatic rings. The lowest BCUT2D eigenvalue weighted by Crippen LogP contribution is -2.28. The highest BCUT2D eigenvalue weighted by atomic mass is 32.2. The van der Waals surface area contributed by atoms with Crippen LogP contribution in [0.4, 0.5) is 11.4 Å². The van der Waals surface area contributed by atoms with Gasteiger partial charge in [0.2, 0.25) is 0 Å². The molecule has 2 aromatic carbocycles. The van der Waals surface area contributed by atoms with Crippen molar-refractivity contribution in [3.8, 4) is 11.4 Å². The van der Waals surface area contributed by atoms with Crippen LogP contribution in [0.3, 0.4) is 0 Å². The Bertz CT molecular complexity index is 1790. The van der Waals surface area contributed by atoms with Crippen LogP contribution in [0.1, 0.15) is 48.1 Å². The summed E-state index contributed by atoms with van der Waals surface area (Å²) in [4.78, 5) is 39.7. The number of nitrogens with one attached hydrogen (secondary N) is 3. The van der Waals surface area contributed by atoms with Crippen molar-refractivity contribution in [2.24, 2.45) is 0 Å². The van der Waals surface area contributed by atoms with E-state index in [0.29, 0.717) is 22.7 Å². The Morgan fingerprint density at radius 2 is 1.70 bits per heavy atom. The number of amides is 1. The summed E-state index contributed by atoms with van der Waals surface area (Å²) in [7, 11) is -2.48. The molecule has 0 unspecified atom stereocenters. The molecule has 4 rings (SSSR count). The molecule has 1 amide bonds. The fourth-order valence-electron chi connectivity index (χ4n) is 4.20. The summed E-state index contributed by atoms with van der Waals surface area (Å²) in [5, 5.41) is 6.47. The molecule has 0 radical (unpaired) electrons. The van der Waals surface area contributed by atoms with E-state index in [1.807, 2.05) is 20.8 Å². The predicted octanol–water partition coefficient (Wildman–Crippen LogP) is 3.49. The highest BCUT2D eigenvalue weighted by Gasteiger charge is 2.27. The zero-order valence-corrected chi connectivity index (χ0v) is 23.6. The van der Waals surface area contributed by atoms with E-state index in [0.717, 1.165) is 0 Å². The Labute approximate surface area is 230 Å². The first-order valence-corrected chi connectivity index (χ1v) is 13.6. The van der Waals surface area contributed by atoms with Gasteiger partial charge in [0, 0.05) is 29.2 Å². The van der Waals surface area contributed by atoms with Gasteiger partial charge in [0.25, 0.3) is 21.5 Å². The first kappa shape index (κ1) is 28.4. The summed E-state index contributed by atoms with van der Waals surface area (Å²) >= 11 is 0. The minimum absolute atomic E-state index is 0.0342. The third-order valence-corrected chi connectivity index (χ3v) is 7.69. The first-order valence-electron chi connectivity index (χ1n) is 12.1. The molecule has 40 heavy (non-hydrogen) atoms. The Kier molecular flexibility index (Phi) is 7.44. The van der Waals surface area contributed by atoms with Crippen LogP contribution in [0.15, 0.2) is 67.7 Å². The second kappa shape index (κ2) is 10.5. The van der Waals surface area contributed by atoms with E-state index in [1.54, 1.807) is 6.07 Å². The van der Waals surface area contributed by atoms with Crippen molar-refractivity contribution in [3.63, 3.8) is 0 Å². The molecule has 0 aliphatic carbocycles. The number of ether oxygens (including phenoxy) is 1. The average Bonchev–Trinajstić information content (AvgIpc) is 3.22. The van der Waals surface area contributed by atoms with Crippen LogP contribution >= 0.6 is 0 Å². The first-order chi connectivity index (χ1) is 18.7. The summed E-state index contributed by atoms with van der Waals surface area (Å²) in [5.41, 5.74) is 0.416. The Morgan fingerprint density at radius 3 is 2.25 bits per heavy atom. The lowest BCUT2D eigenvalue weighted by molar-refractivity contribution is 0.102. The van der Waals surface area contributed by atoms with E-state index < -0.39 is 32.6 Å². The van der Waals surface area contributed by atoms with E-state index in [1.165, 1.54) is 68.1 Å². The zero-order valence-electron chi connectivity index (χ0n) is 22.8. The number of hydrogen-bond donors (Lipinski definition) is 3. The second-order valence-corrected chi connectivity index (χ2v) is 11.7. The molecule has 2 aromatic heterocycles. The molecule has 12 nitrogen and oxygen atoms in total. The van der Waals surface area contributed by atoms with Gasteiger partial charge in [0.05, 0.1) is 18.4 Å². The van der Waals surface area contributed by atoms with Crippen LogP contribution in [0.25, 0.3) is 5.69 Å². The van der Waals surface area contributed by atoms with E-state index in [9.17, 15) is 22.8 Å². The molecule has 0 aliphatic heterocycles. The number of methoxy groups -OCH3 is 1. The van der Waals surface area contributed by atoms with E-state index in [4.69, 9.17) is 9.26 Å². The third kappa shape index (κ3) is 5.69. The minimum Gasteiger partial charge on any atom is -0.496 e. The summed E-state index contributed by atoms with van der Waals surface area (Å²) in [6.07, 6.45) is 1.33. The smallest absolute Gasteiger partial charge is 0.332 e. The number of sulfonamides is 1. The van der Waals surface area contributed by atoms with E-state index in [-0.39, 0.29) is 27.6 Å². The predicted molar refractivity (Wildman–Crippen MR) is 149 cm³/mol. The molecule has 0 atom stereocenters. The molecule has 3 N–H and O–H groups in total. The maximum Gasteiger partial charge on any atom is 0.332 e. The van der Waals surface area contributed by atoms with E-state index in [2.05, 4.69) is 20.2 Å². The Morgan fingerprint density at radius 1 is 1.05 bits per heavy atom. The molecule has 2 heterocycles. The number of H-pyrrole nitrogens is 1. The van der Waals surface area contributed by atoms with Crippen LogP contribution in [0, 0.1) is 13.8 Å². The third-order valence-electron chi connectivity index (χ3n) is 6.06. The minimum atomic E-state index is -3.94. The number of aromatic nitrogens is 3. The Balaban J connectivity index is 1.67. The van der Waals surface area contributed by atoms with Crippen molar-refractivity contribution >= 4 is 27.3 Å². The number of nitrogens with zero attached hydrogens (tertiary/aromatic N) is 2. The highest BCUT2D eigenvalue weighted by molar-refractivity contribution is 7.92. The van der Waals surface area contributed by atoms with Crippen molar-refractivity contribution in [2.75, 3.05) is 17.1 Å². The molecular weight excluding hydrogens is 538 g/mol. The summed E-state index contributed by atoms with van der Waals surface area (Å²) in [6.45, 7) is 8.86. The van der Waals surface area contributed by atoms with Crippen molar-refractivity contribution in [3.05, 3.63) is 92.1 Å². The van der Waals surface area contributed by atoms with Crippen LogP contribution < -0.4 is 26.0 Å². The van der Waals surface area contributed by atoms with Crippen LogP contribution in [0.5, 0.6) is 5.75 Å². The SMILES string of the molecule is COc1c(C(=O)Nc2ccc(NS(=O)(=O)c3c(C)noc3C)cc2)cc(-n2ccc(=O)[nH]c2=O)cc1C(C)(C)C. The molecular formula is C27H29N5O7S. The standard InChI is InChI=1S/C27H29N5O7S/c1-15-24(16(2)39-30-15)40(36,37)31-18-9-7-17(8-10-18)28-25(34)20-13-19(32-12-11-22(33)29-26(32)35)14-21(23(20)38-6)27(3,4)5/h7-14,31H,1-6H3,(H,28,34)(H,29,33,35). The Hall–Kier alpha value is -4.65. The van der Waals surface area contributed by atoms with Gasteiger partial charge in [-0.05, 0) is 55.7 Å². The fraction of sp³-hybridized carbons (Fsp3) is 0.259. The largest absolute Gasteiger partial charge is 0.496 e. The van der Waals surface area contributed by atoms with Gasteiger partial charge in [-0.15, -0.1) is 0 Å². The molecule has 0 saturated carbocycles. The number of aromatic amines is 1. The van der Waals surface area contributed by atoms with Crippen molar-refractivity contribution in [2.45, 2.75) is 44.9 Å². The number of rotatable bonds is 7. The van der Waals surface area contributed by atoms with Gasteiger partial charge in [-0.2, -0.15) is 0 Å². The van der Waals surface area contributed by atoms with Crippen molar-refractivity contribution in [1.29, 1.82) is 0 Å². The van der Waals surface area contributed by atoms with Gasteiger partial charge in [-0.1, -0.05) is 25.9 Å². The number of benzene rings is 2. The summed E-state index contributed by atoms with van der Waals surface area (Å²) < 4.78 is 39.9. The van der Waals surface area contributed by atoms with E-state index >= 15 is 0 Å². The summed E-state index contributed by atoms with van der Waals surface area (Å²) in [5.74, 6) is -0.0235. The van der Waals surface area contributed by atoms with Gasteiger partial charge in [0.15, 0.2) is 10.7 Å². The maximum absolute atomic E-state index is 13.5. The molecule has 13 heteroatoms. The van der Waals surface area contributed by atoms with Crippen LogP contribution in [0.2, 0.25) is 0 Å². The lowest BCUT2D eigenvalue weighted by Gasteiger charge is -2.25.